The van der Waals surface area contributed by atoms with Crippen molar-refractivity contribution >= 4 is 15.9 Å². The van der Waals surface area contributed by atoms with Crippen molar-refractivity contribution in [3.8, 4) is 6.07 Å². The quantitative estimate of drug-likeness (QED) is 0.888. The molecule has 0 aliphatic carbocycles. The zero-order chi connectivity index (χ0) is 17.0. The Morgan fingerprint density at radius 1 is 1.36 bits per heavy atom. The smallest absolute Gasteiger partial charge is 0.243 e. The van der Waals surface area contributed by atoms with Crippen LogP contribution in [-0.2, 0) is 14.8 Å². The van der Waals surface area contributed by atoms with Crippen molar-refractivity contribution in [2.24, 2.45) is 0 Å². The predicted molar refractivity (Wildman–Crippen MR) is 83.5 cm³/mol. The van der Waals surface area contributed by atoms with Crippen molar-refractivity contribution in [2.45, 2.75) is 38.1 Å². The number of sulfonamides is 1. The van der Waals surface area contributed by atoms with E-state index in [0.717, 1.165) is 4.31 Å². The fourth-order valence-electron chi connectivity index (χ4n) is 1.86. The van der Waals surface area contributed by atoms with E-state index in [1.807, 2.05) is 26.8 Å². The van der Waals surface area contributed by atoms with Gasteiger partial charge in [-0.05, 0) is 39.0 Å². The van der Waals surface area contributed by atoms with E-state index in [0.29, 0.717) is 0 Å². The summed E-state index contributed by atoms with van der Waals surface area (Å²) in [4.78, 5) is 12.0. The highest BCUT2D eigenvalue weighted by Gasteiger charge is 2.26. The fourth-order valence-corrected chi connectivity index (χ4v) is 3.31. The zero-order valence-corrected chi connectivity index (χ0v) is 14.1. The van der Waals surface area contributed by atoms with Gasteiger partial charge in [0.15, 0.2) is 0 Å². The van der Waals surface area contributed by atoms with Gasteiger partial charge in [0.05, 0.1) is 23.1 Å². The van der Waals surface area contributed by atoms with Gasteiger partial charge in [0.25, 0.3) is 0 Å². The highest BCUT2D eigenvalue weighted by Crippen LogP contribution is 2.16. The second-order valence-corrected chi connectivity index (χ2v) is 7.81. The number of nitrogens with one attached hydrogen (secondary N) is 1. The van der Waals surface area contributed by atoms with Gasteiger partial charge in [0, 0.05) is 12.1 Å². The summed E-state index contributed by atoms with van der Waals surface area (Å²) < 4.78 is 26.2. The maximum Gasteiger partial charge on any atom is 0.243 e. The molecule has 0 unspecified atom stereocenters. The van der Waals surface area contributed by atoms with Crippen LogP contribution in [0.1, 0.15) is 33.3 Å². The molecule has 1 rings (SSSR count). The third kappa shape index (κ3) is 4.83. The molecule has 0 aliphatic heterocycles. The Hall–Kier alpha value is -1.91. The summed E-state index contributed by atoms with van der Waals surface area (Å²) in [5, 5.41) is 11.6. The zero-order valence-electron chi connectivity index (χ0n) is 13.3. The van der Waals surface area contributed by atoms with Gasteiger partial charge >= 0.3 is 0 Å². The molecule has 120 valence electrons. The molecule has 0 saturated heterocycles. The normalized spacial score (nSPS) is 12.0. The summed E-state index contributed by atoms with van der Waals surface area (Å²) in [5.74, 6) is -0.366. The molecular weight excluding hydrogens is 302 g/mol. The Labute approximate surface area is 131 Å². The number of benzene rings is 1. The summed E-state index contributed by atoms with van der Waals surface area (Å²) in [6.45, 7) is 7.05. The molecule has 0 heterocycles. The number of hydrogen-bond donors (Lipinski definition) is 1. The Morgan fingerprint density at radius 2 is 2.00 bits per heavy atom. The van der Waals surface area contributed by atoms with Gasteiger partial charge in [-0.1, -0.05) is 13.0 Å². The van der Waals surface area contributed by atoms with Crippen molar-refractivity contribution in [1.29, 1.82) is 5.26 Å². The van der Waals surface area contributed by atoms with Crippen LogP contribution >= 0.6 is 0 Å². The second-order valence-electron chi connectivity index (χ2n) is 5.87. The highest BCUT2D eigenvalue weighted by atomic mass is 32.2. The molecule has 1 aromatic rings. The van der Waals surface area contributed by atoms with Gasteiger partial charge < -0.3 is 5.32 Å². The van der Waals surface area contributed by atoms with Crippen LogP contribution in [0.25, 0.3) is 0 Å². The fraction of sp³-hybridized carbons (Fsp3) is 0.467. The van der Waals surface area contributed by atoms with E-state index < -0.39 is 15.6 Å². The predicted octanol–water partition coefficient (Wildman–Crippen LogP) is 1.48. The van der Waals surface area contributed by atoms with Gasteiger partial charge in [-0.3, -0.25) is 4.79 Å². The van der Waals surface area contributed by atoms with Gasteiger partial charge in [0.1, 0.15) is 0 Å². The Balaban J connectivity index is 3.02. The van der Waals surface area contributed by atoms with Crippen molar-refractivity contribution in [1.82, 2.24) is 9.62 Å². The number of hydrogen-bond acceptors (Lipinski definition) is 4. The first-order valence-corrected chi connectivity index (χ1v) is 8.35. The minimum atomic E-state index is -3.81. The van der Waals surface area contributed by atoms with Crippen LogP contribution in [0, 0.1) is 11.3 Å². The summed E-state index contributed by atoms with van der Waals surface area (Å²) >= 11 is 0. The van der Waals surface area contributed by atoms with Gasteiger partial charge in [0.2, 0.25) is 15.9 Å². The van der Waals surface area contributed by atoms with Crippen LogP contribution in [-0.4, -0.2) is 37.3 Å². The molecule has 1 aromatic carbocycles. The first-order chi connectivity index (χ1) is 10.1. The van der Waals surface area contributed by atoms with Crippen molar-refractivity contribution in [3.05, 3.63) is 29.8 Å². The minimum Gasteiger partial charge on any atom is -0.350 e. The number of carbonyl (C=O) groups is 1. The van der Waals surface area contributed by atoms with Gasteiger partial charge in [-0.2, -0.15) is 9.57 Å². The first kappa shape index (κ1) is 18.1. The van der Waals surface area contributed by atoms with Gasteiger partial charge in [-0.15, -0.1) is 0 Å². The van der Waals surface area contributed by atoms with Crippen molar-refractivity contribution in [2.75, 3.05) is 13.1 Å². The van der Waals surface area contributed by atoms with E-state index >= 15 is 0 Å². The average molecular weight is 323 g/mol. The molecule has 0 aromatic heterocycles. The number of nitrogens with zero attached hydrogens (tertiary/aromatic N) is 2. The summed E-state index contributed by atoms with van der Waals surface area (Å²) in [7, 11) is -3.81. The summed E-state index contributed by atoms with van der Waals surface area (Å²) in [5.41, 5.74) is -0.169. The molecule has 0 radical (unpaired) electrons. The second kappa shape index (κ2) is 6.90. The first-order valence-electron chi connectivity index (χ1n) is 6.91. The van der Waals surface area contributed by atoms with Crippen LogP contribution in [0.2, 0.25) is 0 Å². The monoisotopic (exact) mass is 323 g/mol. The van der Waals surface area contributed by atoms with Crippen molar-refractivity contribution in [3.63, 3.8) is 0 Å². The lowest BCUT2D eigenvalue weighted by atomic mass is 10.1. The molecule has 0 fully saturated rings. The average Bonchev–Trinajstić information content (AvgIpc) is 2.42. The number of likely N-dealkylation sites (N-methyl/N-ethyl adjacent to an activating group) is 1. The van der Waals surface area contributed by atoms with Crippen LogP contribution in [0.3, 0.4) is 0 Å². The van der Waals surface area contributed by atoms with E-state index in [4.69, 9.17) is 5.26 Å². The third-order valence-electron chi connectivity index (χ3n) is 2.79. The third-order valence-corrected chi connectivity index (χ3v) is 4.70. The number of nitriles is 1. The largest absolute Gasteiger partial charge is 0.350 e. The highest BCUT2D eigenvalue weighted by molar-refractivity contribution is 7.89. The molecule has 7 heteroatoms. The Morgan fingerprint density at radius 3 is 2.50 bits per heavy atom. The van der Waals surface area contributed by atoms with Gasteiger partial charge in [-0.25, -0.2) is 8.42 Å². The summed E-state index contributed by atoms with van der Waals surface area (Å²) in [6.07, 6.45) is 0. The topological polar surface area (TPSA) is 90.3 Å². The lowest BCUT2D eigenvalue weighted by Gasteiger charge is -2.24. The van der Waals surface area contributed by atoms with E-state index in [2.05, 4.69) is 5.32 Å². The molecule has 0 spiro atoms. The van der Waals surface area contributed by atoms with Crippen molar-refractivity contribution < 1.29 is 13.2 Å². The van der Waals surface area contributed by atoms with Crippen LogP contribution in [0.4, 0.5) is 0 Å². The maximum absolute atomic E-state index is 12.6. The Kier molecular flexibility index (Phi) is 5.69. The standard InChI is InChI=1S/C15H21N3O3S/c1-5-18(11-14(19)17-15(2,3)4)22(20,21)13-8-6-7-12(9-13)10-16/h6-9H,5,11H2,1-4H3,(H,17,19). The molecular formula is C15H21N3O3S. The van der Waals surface area contributed by atoms with Crippen LogP contribution < -0.4 is 5.32 Å². The molecule has 1 amide bonds. The SMILES string of the molecule is CCN(CC(=O)NC(C)(C)C)S(=O)(=O)c1cccc(C#N)c1. The molecule has 0 saturated carbocycles. The minimum absolute atomic E-state index is 0.0111. The number of amides is 1. The van der Waals surface area contributed by atoms with E-state index in [-0.39, 0.29) is 29.5 Å². The molecule has 0 atom stereocenters. The van der Waals surface area contributed by atoms with Crippen LogP contribution in [0.15, 0.2) is 29.2 Å². The molecule has 6 nitrogen and oxygen atoms in total. The van der Waals surface area contributed by atoms with E-state index in [9.17, 15) is 13.2 Å². The lowest BCUT2D eigenvalue weighted by molar-refractivity contribution is -0.122. The number of carbonyl (C=O) groups excluding carboxylic acids is 1. The molecule has 0 aliphatic rings. The lowest BCUT2D eigenvalue weighted by Crippen LogP contribution is -2.47. The molecule has 0 bridgehead atoms. The Bertz CT molecular complexity index is 685. The van der Waals surface area contributed by atoms with E-state index in [1.54, 1.807) is 6.92 Å². The molecule has 1 N–H and O–H groups in total. The van der Waals surface area contributed by atoms with E-state index in [1.165, 1.54) is 24.3 Å². The number of rotatable bonds is 5. The summed E-state index contributed by atoms with van der Waals surface area (Å²) in [6, 6.07) is 7.67. The van der Waals surface area contributed by atoms with Crippen LogP contribution in [0.5, 0.6) is 0 Å². The maximum atomic E-state index is 12.6. The molecule has 22 heavy (non-hydrogen) atoms.